The van der Waals surface area contributed by atoms with Crippen LogP contribution in [0.5, 0.6) is 0 Å². The predicted molar refractivity (Wildman–Crippen MR) is 58.7 cm³/mol. The van der Waals surface area contributed by atoms with Gasteiger partial charge < -0.3 is 4.74 Å². The molecule has 0 aromatic carbocycles. The van der Waals surface area contributed by atoms with Crippen LogP contribution in [0.15, 0.2) is 5.38 Å². The average molecular weight is 232 g/mol. The third-order valence-electron chi connectivity index (χ3n) is 2.48. The summed E-state index contributed by atoms with van der Waals surface area (Å²) < 4.78 is 5.75. The number of thiazole rings is 1. The summed E-state index contributed by atoms with van der Waals surface area (Å²) in [6.45, 7) is 0.659. The molecule has 1 aliphatic carbocycles. The summed E-state index contributed by atoms with van der Waals surface area (Å²) in [6.07, 6.45) is 5.53. The lowest BCUT2D eigenvalue weighted by atomic mass is 10.3. The zero-order valence-electron chi connectivity index (χ0n) is 8.04. The van der Waals surface area contributed by atoms with Crippen LogP contribution in [0.1, 0.15) is 36.4 Å². The Morgan fingerprint density at radius 2 is 2.29 bits per heavy atom. The van der Waals surface area contributed by atoms with Gasteiger partial charge in [0.1, 0.15) is 5.01 Å². The molecule has 4 heteroatoms. The van der Waals surface area contributed by atoms with E-state index in [1.807, 2.05) is 5.38 Å². The summed E-state index contributed by atoms with van der Waals surface area (Å²) in [5.74, 6) is 0.500. The standard InChI is InChI=1S/C10H14ClNOS/c11-5-8-7-14-10(12-8)6-13-9-3-1-2-4-9/h7,9H,1-6H2. The van der Waals surface area contributed by atoms with Crippen molar-refractivity contribution in [3.05, 3.63) is 16.1 Å². The summed E-state index contributed by atoms with van der Waals surface area (Å²) in [7, 11) is 0. The Balaban J connectivity index is 1.79. The van der Waals surface area contributed by atoms with Crippen LogP contribution in [0.25, 0.3) is 0 Å². The fraction of sp³-hybridized carbons (Fsp3) is 0.700. The highest BCUT2D eigenvalue weighted by Crippen LogP contribution is 2.22. The Hall–Kier alpha value is -0.120. The van der Waals surface area contributed by atoms with Crippen molar-refractivity contribution < 1.29 is 4.74 Å². The average Bonchev–Trinajstić information content (AvgIpc) is 2.86. The molecule has 1 fully saturated rings. The molecule has 2 nitrogen and oxygen atoms in total. The summed E-state index contributed by atoms with van der Waals surface area (Å²) in [6, 6.07) is 0. The minimum atomic E-state index is 0.471. The van der Waals surface area contributed by atoms with E-state index in [2.05, 4.69) is 4.98 Å². The number of hydrogen-bond acceptors (Lipinski definition) is 3. The van der Waals surface area contributed by atoms with Crippen molar-refractivity contribution in [1.29, 1.82) is 0 Å². The number of halogens is 1. The third-order valence-corrected chi connectivity index (χ3v) is 3.63. The second-order valence-electron chi connectivity index (χ2n) is 3.58. The van der Waals surface area contributed by atoms with Crippen LogP contribution in [0, 0.1) is 0 Å². The van der Waals surface area contributed by atoms with Gasteiger partial charge in [0.15, 0.2) is 0 Å². The zero-order chi connectivity index (χ0) is 9.80. The van der Waals surface area contributed by atoms with Gasteiger partial charge in [0.25, 0.3) is 0 Å². The van der Waals surface area contributed by atoms with E-state index in [0.717, 1.165) is 10.7 Å². The highest BCUT2D eigenvalue weighted by molar-refractivity contribution is 7.09. The van der Waals surface area contributed by atoms with Crippen LogP contribution in [-0.2, 0) is 17.2 Å². The minimum Gasteiger partial charge on any atom is -0.371 e. The lowest BCUT2D eigenvalue weighted by molar-refractivity contribution is 0.0455. The summed E-state index contributed by atoms with van der Waals surface area (Å²) >= 11 is 7.31. The Morgan fingerprint density at radius 1 is 1.50 bits per heavy atom. The molecule has 14 heavy (non-hydrogen) atoms. The van der Waals surface area contributed by atoms with E-state index < -0.39 is 0 Å². The van der Waals surface area contributed by atoms with Crippen LogP contribution in [-0.4, -0.2) is 11.1 Å². The van der Waals surface area contributed by atoms with Crippen LogP contribution < -0.4 is 0 Å². The van der Waals surface area contributed by atoms with Crippen molar-refractivity contribution in [2.45, 2.75) is 44.3 Å². The third kappa shape index (κ3) is 2.69. The van der Waals surface area contributed by atoms with E-state index in [0.29, 0.717) is 18.6 Å². The topological polar surface area (TPSA) is 22.1 Å². The Labute approximate surface area is 93.3 Å². The van der Waals surface area contributed by atoms with Gasteiger partial charge in [0, 0.05) is 5.38 Å². The molecular weight excluding hydrogens is 218 g/mol. The maximum atomic E-state index is 5.75. The molecule has 0 N–H and O–H groups in total. The molecule has 0 spiro atoms. The molecular formula is C10H14ClNOS. The number of aromatic nitrogens is 1. The molecule has 1 saturated carbocycles. The lowest BCUT2D eigenvalue weighted by Gasteiger charge is -2.08. The monoisotopic (exact) mass is 231 g/mol. The van der Waals surface area contributed by atoms with E-state index in [9.17, 15) is 0 Å². The molecule has 78 valence electrons. The molecule has 0 saturated heterocycles. The second kappa shape index (κ2) is 5.10. The van der Waals surface area contributed by atoms with Gasteiger partial charge in [-0.05, 0) is 12.8 Å². The molecule has 0 unspecified atom stereocenters. The van der Waals surface area contributed by atoms with Crippen molar-refractivity contribution in [3.8, 4) is 0 Å². The van der Waals surface area contributed by atoms with Crippen molar-refractivity contribution in [3.63, 3.8) is 0 Å². The number of nitrogens with zero attached hydrogens (tertiary/aromatic N) is 1. The fourth-order valence-corrected chi connectivity index (χ4v) is 2.66. The maximum Gasteiger partial charge on any atom is 0.119 e. The van der Waals surface area contributed by atoms with Gasteiger partial charge in [-0.2, -0.15) is 0 Å². The quantitative estimate of drug-likeness (QED) is 0.742. The predicted octanol–water partition coefficient (Wildman–Crippen LogP) is 3.34. The molecule has 0 radical (unpaired) electrons. The summed E-state index contributed by atoms with van der Waals surface area (Å²) in [4.78, 5) is 4.35. The molecule has 0 amide bonds. The molecule has 2 rings (SSSR count). The molecule has 1 aliphatic rings. The first kappa shape index (κ1) is 10.4. The summed E-state index contributed by atoms with van der Waals surface area (Å²) in [5.41, 5.74) is 0.960. The van der Waals surface area contributed by atoms with E-state index in [-0.39, 0.29) is 0 Å². The van der Waals surface area contributed by atoms with Gasteiger partial charge >= 0.3 is 0 Å². The van der Waals surface area contributed by atoms with Crippen molar-refractivity contribution in [2.24, 2.45) is 0 Å². The minimum absolute atomic E-state index is 0.471. The van der Waals surface area contributed by atoms with Gasteiger partial charge in [0.2, 0.25) is 0 Å². The fourth-order valence-electron chi connectivity index (χ4n) is 1.72. The van der Waals surface area contributed by atoms with Gasteiger partial charge in [-0.1, -0.05) is 12.8 Å². The number of alkyl halides is 1. The van der Waals surface area contributed by atoms with Crippen molar-refractivity contribution in [1.82, 2.24) is 4.98 Å². The Morgan fingerprint density at radius 3 is 2.93 bits per heavy atom. The normalized spacial score (nSPS) is 17.8. The van der Waals surface area contributed by atoms with E-state index in [1.54, 1.807) is 11.3 Å². The van der Waals surface area contributed by atoms with Crippen LogP contribution >= 0.6 is 22.9 Å². The molecule has 1 heterocycles. The van der Waals surface area contributed by atoms with Gasteiger partial charge in [0.05, 0.1) is 24.3 Å². The Bertz CT molecular complexity index is 283. The molecule has 1 aromatic heterocycles. The second-order valence-corrected chi connectivity index (χ2v) is 4.79. The molecule has 0 aliphatic heterocycles. The van der Waals surface area contributed by atoms with Crippen LogP contribution in [0.3, 0.4) is 0 Å². The SMILES string of the molecule is ClCc1csc(COC2CCCC2)n1. The van der Waals surface area contributed by atoms with Gasteiger partial charge in [-0.3, -0.25) is 0 Å². The van der Waals surface area contributed by atoms with E-state index >= 15 is 0 Å². The van der Waals surface area contributed by atoms with E-state index in [1.165, 1.54) is 25.7 Å². The first-order chi connectivity index (χ1) is 6.88. The van der Waals surface area contributed by atoms with E-state index in [4.69, 9.17) is 16.3 Å². The van der Waals surface area contributed by atoms with Gasteiger partial charge in [-0.15, -0.1) is 22.9 Å². The molecule has 1 aromatic rings. The molecule has 0 atom stereocenters. The maximum absolute atomic E-state index is 5.75. The van der Waals surface area contributed by atoms with Crippen LogP contribution in [0.2, 0.25) is 0 Å². The van der Waals surface area contributed by atoms with Crippen LogP contribution in [0.4, 0.5) is 0 Å². The zero-order valence-corrected chi connectivity index (χ0v) is 9.61. The van der Waals surface area contributed by atoms with Gasteiger partial charge in [-0.25, -0.2) is 4.98 Å². The Kier molecular flexibility index (Phi) is 3.79. The summed E-state index contributed by atoms with van der Waals surface area (Å²) in [5, 5.41) is 3.05. The smallest absolute Gasteiger partial charge is 0.119 e. The molecule has 0 bridgehead atoms. The number of ether oxygens (including phenoxy) is 1. The van der Waals surface area contributed by atoms with Crippen molar-refractivity contribution in [2.75, 3.05) is 0 Å². The van der Waals surface area contributed by atoms with Crippen molar-refractivity contribution >= 4 is 22.9 Å². The largest absolute Gasteiger partial charge is 0.371 e. The number of rotatable bonds is 4. The highest BCUT2D eigenvalue weighted by atomic mass is 35.5. The lowest BCUT2D eigenvalue weighted by Crippen LogP contribution is -2.06. The number of hydrogen-bond donors (Lipinski definition) is 0. The highest BCUT2D eigenvalue weighted by Gasteiger charge is 2.15. The first-order valence-electron chi connectivity index (χ1n) is 4.99. The first-order valence-corrected chi connectivity index (χ1v) is 6.41.